The van der Waals surface area contributed by atoms with Crippen LogP contribution in [0.15, 0.2) is 22.9 Å². The summed E-state index contributed by atoms with van der Waals surface area (Å²) in [5.74, 6) is -1.58. The average molecular weight is 326 g/mol. The molecule has 0 aromatic rings. The summed E-state index contributed by atoms with van der Waals surface area (Å²) >= 11 is 0. The summed E-state index contributed by atoms with van der Waals surface area (Å²) in [7, 11) is 1.93. The number of hydrogen-bond acceptors (Lipinski definition) is 5. The second kappa shape index (κ2) is 6.38. The number of allylic oxidation sites excluding steroid dienone is 1. The van der Waals surface area contributed by atoms with E-state index < -0.39 is 30.1 Å². The number of carbonyl (C=O) groups excluding carboxylic acids is 1. The second-order valence-electron chi connectivity index (χ2n) is 6.85. The minimum absolute atomic E-state index is 0.0791. The fourth-order valence-corrected chi connectivity index (χ4v) is 2.72. The van der Waals surface area contributed by atoms with E-state index in [1.165, 1.54) is 7.11 Å². The van der Waals surface area contributed by atoms with Crippen molar-refractivity contribution in [1.29, 1.82) is 0 Å². The van der Waals surface area contributed by atoms with Gasteiger partial charge in [0.1, 0.15) is 5.83 Å². The largest absolute Gasteiger partial charge is 0.493 e. The average Bonchev–Trinajstić information content (AvgIpc) is 2.67. The van der Waals surface area contributed by atoms with Gasteiger partial charge in [0, 0.05) is 18.5 Å². The molecule has 1 heterocycles. The first-order valence-corrected chi connectivity index (χ1v) is 7.67. The van der Waals surface area contributed by atoms with E-state index in [4.69, 9.17) is 14.0 Å². The molecule has 7 heteroatoms. The van der Waals surface area contributed by atoms with Gasteiger partial charge in [0.25, 0.3) is 0 Å². The van der Waals surface area contributed by atoms with Gasteiger partial charge in [-0.25, -0.2) is 9.18 Å². The van der Waals surface area contributed by atoms with Crippen LogP contribution >= 0.6 is 0 Å². The fraction of sp³-hybridized carbons (Fsp3) is 0.688. The van der Waals surface area contributed by atoms with Crippen molar-refractivity contribution in [3.8, 4) is 0 Å². The Balaban J connectivity index is 2.41. The maximum absolute atomic E-state index is 15.0. The summed E-state index contributed by atoms with van der Waals surface area (Å²) < 4.78 is 36.7. The van der Waals surface area contributed by atoms with Crippen molar-refractivity contribution in [2.45, 2.75) is 45.3 Å². The lowest BCUT2D eigenvalue weighted by Crippen LogP contribution is -2.41. The molecule has 23 heavy (non-hydrogen) atoms. The molecule has 0 saturated carbocycles. The van der Waals surface area contributed by atoms with Gasteiger partial charge in [-0.15, -0.1) is 0 Å². The SMILES string of the molecule is COCC1CC=C(C(=O)OC)C(F)=C1B1OC(C)(C)C(C)(C)O1. The van der Waals surface area contributed by atoms with Crippen molar-refractivity contribution >= 4 is 13.1 Å². The minimum Gasteiger partial charge on any atom is -0.465 e. The van der Waals surface area contributed by atoms with Gasteiger partial charge < -0.3 is 18.8 Å². The molecule has 1 saturated heterocycles. The highest BCUT2D eigenvalue weighted by molar-refractivity contribution is 6.55. The molecule has 1 atom stereocenters. The fourth-order valence-electron chi connectivity index (χ4n) is 2.72. The van der Waals surface area contributed by atoms with E-state index in [9.17, 15) is 9.18 Å². The van der Waals surface area contributed by atoms with Gasteiger partial charge in [-0.2, -0.15) is 0 Å². The van der Waals surface area contributed by atoms with Crippen molar-refractivity contribution in [2.24, 2.45) is 5.92 Å². The molecule has 1 unspecified atom stereocenters. The molecular weight excluding hydrogens is 302 g/mol. The summed E-state index contributed by atoms with van der Waals surface area (Å²) in [5.41, 5.74) is -0.942. The topological polar surface area (TPSA) is 54.0 Å². The zero-order valence-electron chi connectivity index (χ0n) is 14.6. The summed E-state index contributed by atoms with van der Waals surface area (Å²) in [6, 6.07) is 0. The third kappa shape index (κ3) is 3.23. The predicted octanol–water partition coefficient (Wildman–Crippen LogP) is 2.61. The lowest BCUT2D eigenvalue weighted by Gasteiger charge is -2.32. The van der Waals surface area contributed by atoms with Gasteiger partial charge >= 0.3 is 13.1 Å². The first-order valence-electron chi connectivity index (χ1n) is 7.67. The standard InChI is InChI=1S/C16H24BFO5/c1-15(2)16(3,4)23-17(22-15)12-10(9-20-5)7-8-11(13(12)18)14(19)21-6/h8,10H,7,9H2,1-6H3. The molecule has 0 spiro atoms. The minimum atomic E-state index is -0.853. The molecule has 1 aliphatic heterocycles. The number of esters is 1. The summed E-state index contributed by atoms with van der Waals surface area (Å²) in [6.07, 6.45) is 2.00. The summed E-state index contributed by atoms with van der Waals surface area (Å²) in [4.78, 5) is 11.8. The van der Waals surface area contributed by atoms with Crippen LogP contribution in [0, 0.1) is 5.92 Å². The van der Waals surface area contributed by atoms with Gasteiger partial charge in [0.05, 0.1) is 30.5 Å². The molecule has 0 bridgehead atoms. The Hall–Kier alpha value is -1.18. The lowest BCUT2D eigenvalue weighted by atomic mass is 9.66. The van der Waals surface area contributed by atoms with Crippen molar-refractivity contribution in [3.05, 3.63) is 22.9 Å². The highest BCUT2D eigenvalue weighted by atomic mass is 19.1. The van der Waals surface area contributed by atoms with Gasteiger partial charge in [0.2, 0.25) is 0 Å². The van der Waals surface area contributed by atoms with Crippen LogP contribution in [0.25, 0.3) is 0 Å². The Bertz CT molecular complexity index is 537. The van der Waals surface area contributed by atoms with E-state index in [0.717, 1.165) is 0 Å². The number of hydrogen-bond donors (Lipinski definition) is 0. The molecule has 0 radical (unpaired) electrons. The maximum Gasteiger partial charge on any atom is 0.493 e. The summed E-state index contributed by atoms with van der Waals surface area (Å²) in [5, 5.41) is 0. The number of rotatable bonds is 4. The Kier molecular flexibility index (Phi) is 5.04. The van der Waals surface area contributed by atoms with E-state index >= 15 is 0 Å². The van der Waals surface area contributed by atoms with E-state index in [1.54, 1.807) is 13.2 Å². The van der Waals surface area contributed by atoms with Crippen molar-refractivity contribution in [3.63, 3.8) is 0 Å². The number of ether oxygens (including phenoxy) is 2. The lowest BCUT2D eigenvalue weighted by molar-refractivity contribution is -0.136. The first-order chi connectivity index (χ1) is 10.6. The van der Waals surface area contributed by atoms with Crippen molar-refractivity contribution in [1.82, 2.24) is 0 Å². The van der Waals surface area contributed by atoms with E-state index in [0.29, 0.717) is 18.5 Å². The second-order valence-corrected chi connectivity index (χ2v) is 6.85. The Morgan fingerprint density at radius 1 is 1.30 bits per heavy atom. The van der Waals surface area contributed by atoms with Gasteiger partial charge in [0.15, 0.2) is 0 Å². The van der Waals surface area contributed by atoms with Crippen LogP contribution in [-0.4, -0.2) is 45.1 Å². The van der Waals surface area contributed by atoms with Crippen LogP contribution < -0.4 is 0 Å². The zero-order valence-corrected chi connectivity index (χ0v) is 14.6. The van der Waals surface area contributed by atoms with Crippen molar-refractivity contribution < 1.29 is 28.0 Å². The summed E-state index contributed by atoms with van der Waals surface area (Å²) in [6.45, 7) is 7.92. The zero-order chi connectivity index (χ0) is 17.4. The van der Waals surface area contributed by atoms with Crippen LogP contribution in [0.1, 0.15) is 34.1 Å². The van der Waals surface area contributed by atoms with E-state index in [-0.39, 0.29) is 11.5 Å². The van der Waals surface area contributed by atoms with Crippen LogP contribution in [-0.2, 0) is 23.6 Å². The molecule has 1 aliphatic carbocycles. The quantitative estimate of drug-likeness (QED) is 0.587. The number of carbonyl (C=O) groups is 1. The monoisotopic (exact) mass is 326 g/mol. The predicted molar refractivity (Wildman–Crippen MR) is 84.3 cm³/mol. The highest BCUT2D eigenvalue weighted by Gasteiger charge is 2.54. The molecule has 2 rings (SSSR count). The molecular formula is C16H24BFO5. The molecule has 128 valence electrons. The normalized spacial score (nSPS) is 26.3. The Morgan fingerprint density at radius 3 is 2.35 bits per heavy atom. The molecule has 2 aliphatic rings. The third-order valence-corrected chi connectivity index (χ3v) is 4.82. The number of halogens is 1. The number of methoxy groups -OCH3 is 2. The first kappa shape index (κ1) is 18.2. The van der Waals surface area contributed by atoms with Crippen molar-refractivity contribution in [2.75, 3.05) is 20.8 Å². The molecule has 1 fully saturated rings. The smallest absolute Gasteiger partial charge is 0.465 e. The van der Waals surface area contributed by atoms with Crippen LogP contribution in [0.5, 0.6) is 0 Å². The van der Waals surface area contributed by atoms with Gasteiger partial charge in [-0.05, 0) is 34.1 Å². The maximum atomic E-state index is 15.0. The van der Waals surface area contributed by atoms with Crippen LogP contribution in [0.4, 0.5) is 4.39 Å². The van der Waals surface area contributed by atoms with E-state index in [1.807, 2.05) is 27.7 Å². The van der Waals surface area contributed by atoms with Gasteiger partial charge in [-0.1, -0.05) is 6.08 Å². The van der Waals surface area contributed by atoms with Crippen LogP contribution in [0.2, 0.25) is 0 Å². The van der Waals surface area contributed by atoms with Crippen LogP contribution in [0.3, 0.4) is 0 Å². The molecule has 5 nitrogen and oxygen atoms in total. The van der Waals surface area contributed by atoms with E-state index in [2.05, 4.69) is 4.74 Å². The van der Waals surface area contributed by atoms with Gasteiger partial charge in [-0.3, -0.25) is 0 Å². The molecule has 0 aromatic heterocycles. The molecule has 0 aromatic carbocycles. The Morgan fingerprint density at radius 2 is 1.87 bits per heavy atom. The third-order valence-electron chi connectivity index (χ3n) is 4.82. The molecule has 0 amide bonds. The molecule has 0 N–H and O–H groups in total. The highest BCUT2D eigenvalue weighted by Crippen LogP contribution is 2.43. The Labute approximate surface area is 136 Å².